The van der Waals surface area contributed by atoms with Gasteiger partial charge in [0.1, 0.15) is 0 Å². The van der Waals surface area contributed by atoms with Crippen LogP contribution in [0.3, 0.4) is 0 Å². The first kappa shape index (κ1) is 7.39. The van der Waals surface area contributed by atoms with Crippen molar-refractivity contribution >= 4 is 0 Å². The van der Waals surface area contributed by atoms with Gasteiger partial charge in [-0.1, -0.05) is 26.0 Å². The molecular weight excluding hydrogens is 122 g/mol. The van der Waals surface area contributed by atoms with E-state index in [0.29, 0.717) is 0 Å². The van der Waals surface area contributed by atoms with Crippen molar-refractivity contribution in [2.24, 2.45) is 5.92 Å². The second kappa shape index (κ2) is 3.45. The molecule has 0 amide bonds. The molecule has 0 spiro atoms. The first-order valence-corrected chi connectivity index (χ1v) is 3.95. The van der Waals surface area contributed by atoms with E-state index in [0.717, 1.165) is 12.5 Å². The Hall–Kier alpha value is -0.720. The average molecular weight is 137 g/mol. The Kier molecular flexibility index (Phi) is 2.55. The molecule has 0 fully saturated rings. The molecule has 1 heteroatoms. The van der Waals surface area contributed by atoms with Gasteiger partial charge in [0.05, 0.1) is 0 Å². The van der Waals surface area contributed by atoms with Gasteiger partial charge in [0.15, 0.2) is 0 Å². The van der Waals surface area contributed by atoms with E-state index in [1.165, 1.54) is 18.5 Å². The molecule has 0 aromatic rings. The monoisotopic (exact) mass is 137 g/mol. The van der Waals surface area contributed by atoms with E-state index in [1.54, 1.807) is 0 Å². The third kappa shape index (κ3) is 1.63. The maximum atomic E-state index is 3.71. The van der Waals surface area contributed by atoms with Crippen LogP contribution in [-0.2, 0) is 0 Å². The number of allylic oxidation sites excluding steroid dienone is 1. The molecule has 10 heavy (non-hydrogen) atoms. The fraction of sp³-hybridized carbons (Fsp3) is 0.556. The average Bonchev–Trinajstić information content (AvgIpc) is 2.37. The Morgan fingerprint density at radius 2 is 2.70 bits per heavy atom. The van der Waals surface area contributed by atoms with Crippen molar-refractivity contribution in [3.63, 3.8) is 0 Å². The van der Waals surface area contributed by atoms with Gasteiger partial charge in [0, 0.05) is 12.2 Å². The Labute approximate surface area is 62.8 Å². The maximum absolute atomic E-state index is 3.71. The molecule has 1 unspecified atom stereocenters. The minimum Gasteiger partial charge on any atom is -0.385 e. The van der Waals surface area contributed by atoms with Gasteiger partial charge in [-0.3, -0.25) is 0 Å². The largest absolute Gasteiger partial charge is 0.385 e. The summed E-state index contributed by atoms with van der Waals surface area (Å²) in [6, 6.07) is 0. The summed E-state index contributed by atoms with van der Waals surface area (Å²) in [4.78, 5) is 0. The van der Waals surface area contributed by atoms with Gasteiger partial charge < -0.3 is 5.32 Å². The molecule has 1 N–H and O–H groups in total. The van der Waals surface area contributed by atoms with Crippen LogP contribution in [0.5, 0.6) is 0 Å². The summed E-state index contributed by atoms with van der Waals surface area (Å²) in [5.74, 6) is 0.748. The lowest BCUT2D eigenvalue weighted by atomic mass is 10.1. The Morgan fingerprint density at radius 3 is 3.20 bits per heavy atom. The molecule has 0 aromatic heterocycles. The van der Waals surface area contributed by atoms with Gasteiger partial charge in [-0.15, -0.1) is 0 Å². The van der Waals surface area contributed by atoms with Gasteiger partial charge in [-0.2, -0.15) is 0 Å². The minimum atomic E-state index is 0.748. The highest BCUT2D eigenvalue weighted by Gasteiger charge is 2.10. The summed E-state index contributed by atoms with van der Waals surface area (Å²) in [5.41, 5.74) is 1.21. The molecule has 0 aliphatic carbocycles. The zero-order valence-electron chi connectivity index (χ0n) is 6.56. The van der Waals surface area contributed by atoms with E-state index in [-0.39, 0.29) is 0 Å². The normalized spacial score (nSPS) is 23.7. The molecule has 1 aliphatic rings. The maximum Gasteiger partial charge on any atom is 0.0297 e. The van der Waals surface area contributed by atoms with Gasteiger partial charge in [-0.05, 0) is 18.4 Å². The van der Waals surface area contributed by atoms with Gasteiger partial charge >= 0.3 is 0 Å². The van der Waals surface area contributed by atoms with Gasteiger partial charge in [0.2, 0.25) is 0 Å². The summed E-state index contributed by atoms with van der Waals surface area (Å²) >= 11 is 0. The van der Waals surface area contributed by atoms with Gasteiger partial charge in [0.25, 0.3) is 0 Å². The summed E-state index contributed by atoms with van der Waals surface area (Å²) in [7, 11) is 0. The predicted molar refractivity (Wildman–Crippen MR) is 44.7 cm³/mol. The zero-order valence-corrected chi connectivity index (χ0v) is 6.56. The second-order valence-electron chi connectivity index (χ2n) is 2.76. The number of hydrogen-bond acceptors (Lipinski definition) is 1. The highest BCUT2D eigenvalue weighted by atomic mass is 14.9. The standard InChI is InChI=1S/C9H15N/c1-3-5-8-6-9(4-2)10-7-8/h4,6,8,10H,2-3,5,7H2,1H3. The third-order valence-electron chi connectivity index (χ3n) is 1.86. The van der Waals surface area contributed by atoms with Crippen molar-refractivity contribution in [3.05, 3.63) is 24.4 Å². The minimum absolute atomic E-state index is 0.748. The smallest absolute Gasteiger partial charge is 0.0297 e. The van der Waals surface area contributed by atoms with E-state index in [2.05, 4.69) is 24.9 Å². The molecular formula is C9H15N. The van der Waals surface area contributed by atoms with E-state index in [1.807, 2.05) is 6.08 Å². The first-order chi connectivity index (χ1) is 4.86. The van der Waals surface area contributed by atoms with Crippen LogP contribution in [0.15, 0.2) is 24.4 Å². The molecule has 0 saturated heterocycles. The summed E-state index contributed by atoms with van der Waals surface area (Å²) in [6.07, 6.45) is 6.73. The van der Waals surface area contributed by atoms with Crippen molar-refractivity contribution in [2.75, 3.05) is 6.54 Å². The second-order valence-corrected chi connectivity index (χ2v) is 2.76. The summed E-state index contributed by atoms with van der Waals surface area (Å²) < 4.78 is 0. The molecule has 0 radical (unpaired) electrons. The lowest BCUT2D eigenvalue weighted by Crippen LogP contribution is -2.10. The third-order valence-corrected chi connectivity index (χ3v) is 1.86. The molecule has 0 saturated carbocycles. The van der Waals surface area contributed by atoms with Crippen molar-refractivity contribution < 1.29 is 0 Å². The topological polar surface area (TPSA) is 12.0 Å². The molecule has 1 rings (SSSR count). The summed E-state index contributed by atoms with van der Waals surface area (Å²) in [6.45, 7) is 7.03. The zero-order chi connectivity index (χ0) is 7.40. The van der Waals surface area contributed by atoms with E-state index in [4.69, 9.17) is 0 Å². The van der Waals surface area contributed by atoms with Crippen LogP contribution in [0.1, 0.15) is 19.8 Å². The first-order valence-electron chi connectivity index (χ1n) is 3.95. The lowest BCUT2D eigenvalue weighted by molar-refractivity contribution is 0.588. The number of rotatable bonds is 3. The fourth-order valence-electron chi connectivity index (χ4n) is 1.32. The molecule has 0 aromatic carbocycles. The molecule has 1 atom stereocenters. The Balaban J connectivity index is 2.38. The van der Waals surface area contributed by atoms with Crippen molar-refractivity contribution in [3.8, 4) is 0 Å². The van der Waals surface area contributed by atoms with E-state index in [9.17, 15) is 0 Å². The van der Waals surface area contributed by atoms with Crippen LogP contribution >= 0.6 is 0 Å². The Bertz CT molecular complexity index is 147. The highest BCUT2D eigenvalue weighted by Crippen LogP contribution is 2.15. The van der Waals surface area contributed by atoms with Gasteiger partial charge in [-0.25, -0.2) is 0 Å². The van der Waals surface area contributed by atoms with E-state index < -0.39 is 0 Å². The van der Waals surface area contributed by atoms with E-state index >= 15 is 0 Å². The predicted octanol–water partition coefficient (Wildman–Crippen LogP) is 2.08. The van der Waals surface area contributed by atoms with Crippen LogP contribution in [0, 0.1) is 5.92 Å². The quantitative estimate of drug-likeness (QED) is 0.628. The van der Waals surface area contributed by atoms with Crippen LogP contribution in [0.2, 0.25) is 0 Å². The van der Waals surface area contributed by atoms with Crippen molar-refractivity contribution in [1.82, 2.24) is 5.32 Å². The molecule has 1 nitrogen and oxygen atoms in total. The van der Waals surface area contributed by atoms with Crippen molar-refractivity contribution in [2.45, 2.75) is 19.8 Å². The van der Waals surface area contributed by atoms with Crippen LogP contribution in [0.4, 0.5) is 0 Å². The highest BCUT2D eigenvalue weighted by molar-refractivity contribution is 5.19. The molecule has 0 bridgehead atoms. The molecule has 1 heterocycles. The van der Waals surface area contributed by atoms with Crippen LogP contribution < -0.4 is 5.32 Å². The van der Waals surface area contributed by atoms with Crippen molar-refractivity contribution in [1.29, 1.82) is 0 Å². The molecule has 56 valence electrons. The summed E-state index contributed by atoms with van der Waals surface area (Å²) in [5, 5.41) is 3.28. The molecule has 1 aliphatic heterocycles. The lowest BCUT2D eigenvalue weighted by Gasteiger charge is -2.01. The number of nitrogens with one attached hydrogen (secondary N) is 1. The SMILES string of the molecule is C=CC1=CC(CCC)CN1. The van der Waals surface area contributed by atoms with Crippen LogP contribution in [0.25, 0.3) is 0 Å². The van der Waals surface area contributed by atoms with Crippen LogP contribution in [-0.4, -0.2) is 6.54 Å². The Morgan fingerprint density at radius 1 is 1.90 bits per heavy atom. The fourth-order valence-corrected chi connectivity index (χ4v) is 1.32. The number of hydrogen-bond donors (Lipinski definition) is 1.